The molecule has 2 aromatic heterocycles. The minimum atomic E-state index is -0.0658. The van der Waals surface area contributed by atoms with E-state index in [4.69, 9.17) is 0 Å². The van der Waals surface area contributed by atoms with Crippen LogP contribution in [0.4, 0.5) is 5.69 Å². The molecule has 0 atom stereocenters. The average molecular weight is 344 g/mol. The molecule has 5 rings (SSSR count). The first kappa shape index (κ1) is 15.2. The van der Waals surface area contributed by atoms with Gasteiger partial charge >= 0.3 is 0 Å². The number of hydrogen-bond acceptors (Lipinski definition) is 3. The van der Waals surface area contributed by atoms with Crippen LogP contribution in [0.3, 0.4) is 0 Å². The molecule has 0 unspecified atom stereocenters. The number of aromatic nitrogens is 3. The van der Waals surface area contributed by atoms with Crippen LogP contribution in [0.2, 0.25) is 0 Å². The maximum Gasteiger partial charge on any atom is 0.280 e. The monoisotopic (exact) mass is 344 g/mol. The lowest BCUT2D eigenvalue weighted by Gasteiger charge is -2.29. The summed E-state index contributed by atoms with van der Waals surface area (Å²) >= 11 is 0. The van der Waals surface area contributed by atoms with Gasteiger partial charge in [-0.25, -0.2) is 4.68 Å². The molecule has 1 aliphatic rings. The fourth-order valence-electron chi connectivity index (χ4n) is 3.85. The minimum absolute atomic E-state index is 0.0658. The van der Waals surface area contributed by atoms with E-state index in [-0.39, 0.29) is 5.56 Å². The Morgan fingerprint density at radius 3 is 2.50 bits per heavy atom. The third-order valence-corrected chi connectivity index (χ3v) is 5.24. The normalized spacial score (nSPS) is 15.0. The molecule has 26 heavy (non-hydrogen) atoms. The standard InChI is InChI=1S/C21H20N4O/c26-21-18-14-22-19-10-9-16(24-11-5-2-6-12-24)13-17(19)20(18)23-25(21)15-7-3-1-4-8-15/h1,3-4,7-10,13-14,23H,2,5-6,11-12H2. The molecule has 5 nitrogen and oxygen atoms in total. The van der Waals surface area contributed by atoms with E-state index < -0.39 is 0 Å². The Morgan fingerprint density at radius 1 is 0.885 bits per heavy atom. The first-order valence-electron chi connectivity index (χ1n) is 9.15. The molecule has 1 saturated heterocycles. The fraction of sp³-hybridized carbons (Fsp3) is 0.238. The van der Waals surface area contributed by atoms with Crippen molar-refractivity contribution < 1.29 is 0 Å². The molecule has 0 saturated carbocycles. The quantitative estimate of drug-likeness (QED) is 0.601. The lowest BCUT2D eigenvalue weighted by Crippen LogP contribution is -2.29. The number of rotatable bonds is 2. The molecule has 3 heterocycles. The molecular weight excluding hydrogens is 324 g/mol. The van der Waals surface area contributed by atoms with Gasteiger partial charge in [0.2, 0.25) is 0 Å². The summed E-state index contributed by atoms with van der Waals surface area (Å²) in [6, 6.07) is 16.0. The SMILES string of the molecule is O=c1c2cnc3ccc(N4CCCCC4)cc3c2[nH]n1-c1ccccc1. The van der Waals surface area contributed by atoms with Crippen LogP contribution in [-0.4, -0.2) is 27.9 Å². The number of anilines is 1. The highest BCUT2D eigenvalue weighted by Gasteiger charge is 2.15. The molecule has 0 radical (unpaired) electrons. The highest BCUT2D eigenvalue weighted by atomic mass is 16.1. The van der Waals surface area contributed by atoms with Crippen molar-refractivity contribution in [1.29, 1.82) is 0 Å². The molecule has 0 spiro atoms. The fourth-order valence-corrected chi connectivity index (χ4v) is 3.85. The van der Waals surface area contributed by atoms with Gasteiger partial charge in [-0.1, -0.05) is 18.2 Å². The van der Waals surface area contributed by atoms with E-state index >= 15 is 0 Å². The van der Waals surface area contributed by atoms with E-state index in [1.807, 2.05) is 30.3 Å². The molecule has 1 aliphatic heterocycles. The van der Waals surface area contributed by atoms with E-state index in [9.17, 15) is 4.79 Å². The highest BCUT2D eigenvalue weighted by molar-refractivity contribution is 6.04. The van der Waals surface area contributed by atoms with Crippen molar-refractivity contribution in [3.63, 3.8) is 0 Å². The van der Waals surface area contributed by atoms with Gasteiger partial charge in [-0.15, -0.1) is 0 Å². The van der Waals surface area contributed by atoms with Crippen LogP contribution < -0.4 is 10.5 Å². The topological polar surface area (TPSA) is 53.9 Å². The second kappa shape index (κ2) is 6.02. The molecule has 1 fully saturated rings. The molecule has 1 N–H and O–H groups in total. The van der Waals surface area contributed by atoms with Crippen molar-refractivity contribution in [2.24, 2.45) is 0 Å². The van der Waals surface area contributed by atoms with Crippen molar-refractivity contribution in [1.82, 2.24) is 14.8 Å². The van der Waals surface area contributed by atoms with Crippen LogP contribution >= 0.6 is 0 Å². The van der Waals surface area contributed by atoms with E-state index in [1.54, 1.807) is 10.9 Å². The third kappa shape index (κ3) is 2.39. The summed E-state index contributed by atoms with van der Waals surface area (Å²) in [5.74, 6) is 0. The zero-order valence-corrected chi connectivity index (χ0v) is 14.5. The van der Waals surface area contributed by atoms with Crippen LogP contribution in [0, 0.1) is 0 Å². The second-order valence-corrected chi connectivity index (χ2v) is 6.88. The van der Waals surface area contributed by atoms with Gasteiger partial charge in [0.1, 0.15) is 0 Å². The summed E-state index contributed by atoms with van der Waals surface area (Å²) < 4.78 is 1.60. The number of piperidine rings is 1. The third-order valence-electron chi connectivity index (χ3n) is 5.24. The predicted octanol–water partition coefficient (Wildman–Crippen LogP) is 3.86. The Bertz CT molecular complexity index is 1140. The lowest BCUT2D eigenvalue weighted by molar-refractivity contribution is 0.578. The summed E-state index contributed by atoms with van der Waals surface area (Å²) in [5.41, 5.74) is 3.72. The maximum atomic E-state index is 12.8. The molecule has 2 aromatic carbocycles. The lowest BCUT2D eigenvalue weighted by atomic mass is 10.1. The van der Waals surface area contributed by atoms with E-state index in [0.29, 0.717) is 5.39 Å². The molecule has 0 bridgehead atoms. The van der Waals surface area contributed by atoms with Crippen molar-refractivity contribution in [3.05, 3.63) is 65.1 Å². The minimum Gasteiger partial charge on any atom is -0.372 e. The van der Waals surface area contributed by atoms with Gasteiger partial charge in [0.25, 0.3) is 5.56 Å². The smallest absolute Gasteiger partial charge is 0.280 e. The van der Waals surface area contributed by atoms with Crippen LogP contribution in [0.15, 0.2) is 59.5 Å². The number of benzene rings is 2. The number of aromatic amines is 1. The Morgan fingerprint density at radius 2 is 1.69 bits per heavy atom. The number of pyridine rings is 1. The largest absolute Gasteiger partial charge is 0.372 e. The van der Waals surface area contributed by atoms with Crippen molar-refractivity contribution in [3.8, 4) is 5.69 Å². The number of fused-ring (bicyclic) bond motifs is 3. The first-order valence-corrected chi connectivity index (χ1v) is 9.15. The van der Waals surface area contributed by atoms with Crippen LogP contribution in [0.25, 0.3) is 27.5 Å². The summed E-state index contributed by atoms with van der Waals surface area (Å²) in [6.07, 6.45) is 5.46. The van der Waals surface area contributed by atoms with E-state index in [2.05, 4.69) is 33.2 Å². The van der Waals surface area contributed by atoms with Crippen molar-refractivity contribution in [2.75, 3.05) is 18.0 Å². The predicted molar refractivity (Wildman–Crippen MR) is 105 cm³/mol. The summed E-state index contributed by atoms with van der Waals surface area (Å²) in [4.78, 5) is 19.8. The van der Waals surface area contributed by atoms with Gasteiger partial charge in [0, 0.05) is 30.4 Å². The number of nitrogens with one attached hydrogen (secondary N) is 1. The molecule has 4 aromatic rings. The number of H-pyrrole nitrogens is 1. The van der Waals surface area contributed by atoms with Crippen LogP contribution in [0.1, 0.15) is 19.3 Å². The van der Waals surface area contributed by atoms with Gasteiger partial charge in [-0.2, -0.15) is 0 Å². The molecular formula is C21H20N4O. The van der Waals surface area contributed by atoms with Gasteiger partial charge in [-0.05, 0) is 49.6 Å². The Kier molecular flexibility index (Phi) is 3.52. The Hall–Kier alpha value is -3.08. The number of nitrogens with zero attached hydrogens (tertiary/aromatic N) is 3. The van der Waals surface area contributed by atoms with Gasteiger partial charge in [0.05, 0.1) is 22.1 Å². The molecule has 0 aliphatic carbocycles. The maximum absolute atomic E-state index is 12.8. The molecule has 0 amide bonds. The molecule has 130 valence electrons. The summed E-state index contributed by atoms with van der Waals surface area (Å²) in [6.45, 7) is 2.19. The Balaban J connectivity index is 1.72. The van der Waals surface area contributed by atoms with Crippen molar-refractivity contribution in [2.45, 2.75) is 19.3 Å². The molecule has 5 heteroatoms. The summed E-state index contributed by atoms with van der Waals surface area (Å²) in [7, 11) is 0. The van der Waals surface area contributed by atoms with Crippen LogP contribution in [0.5, 0.6) is 0 Å². The number of hydrogen-bond donors (Lipinski definition) is 1. The van der Waals surface area contributed by atoms with E-state index in [0.717, 1.165) is 35.2 Å². The van der Waals surface area contributed by atoms with Gasteiger partial charge in [0.15, 0.2) is 0 Å². The number of para-hydroxylation sites is 1. The zero-order chi connectivity index (χ0) is 17.5. The Labute approximate surface area is 150 Å². The first-order chi connectivity index (χ1) is 12.8. The van der Waals surface area contributed by atoms with E-state index in [1.165, 1.54) is 24.9 Å². The highest BCUT2D eigenvalue weighted by Crippen LogP contribution is 2.27. The summed E-state index contributed by atoms with van der Waals surface area (Å²) in [5, 5.41) is 4.92. The van der Waals surface area contributed by atoms with Crippen LogP contribution in [-0.2, 0) is 0 Å². The van der Waals surface area contributed by atoms with Gasteiger partial charge in [-0.3, -0.25) is 14.9 Å². The van der Waals surface area contributed by atoms with Crippen molar-refractivity contribution >= 4 is 27.5 Å². The zero-order valence-electron chi connectivity index (χ0n) is 14.5. The average Bonchev–Trinajstić information content (AvgIpc) is 3.06. The van der Waals surface area contributed by atoms with Gasteiger partial charge < -0.3 is 4.90 Å². The second-order valence-electron chi connectivity index (χ2n) is 6.88.